The van der Waals surface area contributed by atoms with E-state index in [0.717, 1.165) is 25.7 Å². The molecule has 2 atom stereocenters. The highest BCUT2D eigenvalue weighted by Crippen LogP contribution is 2.38. The second kappa shape index (κ2) is 5.14. The van der Waals surface area contributed by atoms with Gasteiger partial charge in [0, 0.05) is 6.54 Å². The van der Waals surface area contributed by atoms with Crippen LogP contribution in [0, 0.1) is 11.8 Å². The molecule has 0 aromatic rings. The number of nitrogens with one attached hydrogen (secondary N) is 1. The molecule has 0 radical (unpaired) electrons. The summed E-state index contributed by atoms with van der Waals surface area (Å²) in [6.07, 6.45) is 8.02. The number of piperazine rings is 1. The smallest absolute Gasteiger partial charge is 0.246 e. The first-order chi connectivity index (χ1) is 9.22. The quantitative estimate of drug-likeness (QED) is 0.843. The number of likely N-dealkylation sites (N-methyl/N-ethyl adjacent to an activating group) is 1. The van der Waals surface area contributed by atoms with Crippen molar-refractivity contribution in [2.45, 2.75) is 64.0 Å². The standard InChI is InChI=1S/C15H24N2O2/c1-2-17-13(11-8-9-11)14(18)16-12(15(17)19)10-6-4-3-5-7-10/h10-13H,2-9H2,1H3,(H,16,18). The summed E-state index contributed by atoms with van der Waals surface area (Å²) in [7, 11) is 0. The maximum absolute atomic E-state index is 12.7. The normalized spacial score (nSPS) is 33.4. The van der Waals surface area contributed by atoms with Gasteiger partial charge < -0.3 is 10.2 Å². The van der Waals surface area contributed by atoms with Crippen molar-refractivity contribution >= 4 is 11.8 Å². The molecule has 1 saturated heterocycles. The molecule has 3 rings (SSSR count). The van der Waals surface area contributed by atoms with Crippen LogP contribution in [0.25, 0.3) is 0 Å². The van der Waals surface area contributed by atoms with E-state index in [9.17, 15) is 9.59 Å². The molecule has 0 bridgehead atoms. The first-order valence-electron chi connectivity index (χ1n) is 7.83. The molecule has 0 aromatic carbocycles. The van der Waals surface area contributed by atoms with Crippen LogP contribution in [0.1, 0.15) is 51.9 Å². The van der Waals surface area contributed by atoms with Crippen molar-refractivity contribution in [3.63, 3.8) is 0 Å². The number of nitrogens with zero attached hydrogens (tertiary/aromatic N) is 1. The van der Waals surface area contributed by atoms with Gasteiger partial charge in [0.1, 0.15) is 12.1 Å². The van der Waals surface area contributed by atoms with Crippen LogP contribution in [0.15, 0.2) is 0 Å². The third kappa shape index (κ3) is 2.37. The van der Waals surface area contributed by atoms with E-state index in [4.69, 9.17) is 0 Å². The number of rotatable bonds is 3. The molecule has 4 nitrogen and oxygen atoms in total. The van der Waals surface area contributed by atoms with Gasteiger partial charge in [-0.15, -0.1) is 0 Å². The van der Waals surface area contributed by atoms with Crippen LogP contribution < -0.4 is 5.32 Å². The Morgan fingerprint density at radius 3 is 2.32 bits per heavy atom. The second-order valence-electron chi connectivity index (χ2n) is 6.29. The average Bonchev–Trinajstić information content (AvgIpc) is 3.26. The summed E-state index contributed by atoms with van der Waals surface area (Å²) in [5, 5.41) is 3.04. The monoisotopic (exact) mass is 264 g/mol. The lowest BCUT2D eigenvalue weighted by Crippen LogP contribution is -2.65. The van der Waals surface area contributed by atoms with Gasteiger partial charge in [-0.1, -0.05) is 19.3 Å². The van der Waals surface area contributed by atoms with E-state index < -0.39 is 0 Å². The fourth-order valence-electron chi connectivity index (χ4n) is 3.78. The Bertz CT molecular complexity index is 372. The molecule has 4 heteroatoms. The first-order valence-corrected chi connectivity index (χ1v) is 7.83. The van der Waals surface area contributed by atoms with Gasteiger partial charge >= 0.3 is 0 Å². The Morgan fingerprint density at radius 1 is 1.05 bits per heavy atom. The van der Waals surface area contributed by atoms with Crippen LogP contribution in [-0.4, -0.2) is 35.3 Å². The summed E-state index contributed by atoms with van der Waals surface area (Å²) in [5.41, 5.74) is 0. The average molecular weight is 264 g/mol. The van der Waals surface area contributed by atoms with Gasteiger partial charge in [-0.25, -0.2) is 0 Å². The van der Waals surface area contributed by atoms with Crippen molar-refractivity contribution in [3.05, 3.63) is 0 Å². The van der Waals surface area contributed by atoms with Crippen molar-refractivity contribution in [3.8, 4) is 0 Å². The maximum atomic E-state index is 12.7. The van der Waals surface area contributed by atoms with Crippen molar-refractivity contribution in [1.29, 1.82) is 0 Å². The maximum Gasteiger partial charge on any atom is 0.246 e. The third-order valence-corrected chi connectivity index (χ3v) is 4.98. The molecule has 106 valence electrons. The summed E-state index contributed by atoms with van der Waals surface area (Å²) < 4.78 is 0. The van der Waals surface area contributed by atoms with Crippen LogP contribution in [0.4, 0.5) is 0 Å². The zero-order valence-electron chi connectivity index (χ0n) is 11.7. The fourth-order valence-corrected chi connectivity index (χ4v) is 3.78. The summed E-state index contributed by atoms with van der Waals surface area (Å²) in [4.78, 5) is 26.8. The highest BCUT2D eigenvalue weighted by Gasteiger charge is 2.48. The number of amides is 2. The highest BCUT2D eigenvalue weighted by molar-refractivity contribution is 5.97. The van der Waals surface area contributed by atoms with Crippen LogP contribution in [-0.2, 0) is 9.59 Å². The predicted molar refractivity (Wildman–Crippen MR) is 72.4 cm³/mol. The SMILES string of the molecule is CCN1C(=O)C(C2CCCCC2)NC(=O)C1C1CC1. The Labute approximate surface area is 114 Å². The van der Waals surface area contributed by atoms with Crippen LogP contribution in [0.3, 0.4) is 0 Å². The lowest BCUT2D eigenvalue weighted by atomic mass is 9.82. The lowest BCUT2D eigenvalue weighted by Gasteiger charge is -2.42. The van der Waals surface area contributed by atoms with Crippen molar-refractivity contribution in [1.82, 2.24) is 10.2 Å². The number of hydrogen-bond acceptors (Lipinski definition) is 2. The molecule has 1 aliphatic heterocycles. The van der Waals surface area contributed by atoms with E-state index in [1.54, 1.807) is 0 Å². The van der Waals surface area contributed by atoms with Crippen LogP contribution in [0.2, 0.25) is 0 Å². The van der Waals surface area contributed by atoms with E-state index in [1.807, 2.05) is 11.8 Å². The first kappa shape index (κ1) is 12.9. The van der Waals surface area contributed by atoms with Gasteiger partial charge in [0.15, 0.2) is 0 Å². The molecule has 0 spiro atoms. The van der Waals surface area contributed by atoms with Crippen LogP contribution in [0.5, 0.6) is 0 Å². The van der Waals surface area contributed by atoms with Gasteiger partial charge in [0.05, 0.1) is 0 Å². The summed E-state index contributed by atoms with van der Waals surface area (Å²) in [6.45, 7) is 2.65. The molecule has 2 amide bonds. The molecule has 2 unspecified atom stereocenters. The summed E-state index contributed by atoms with van der Waals surface area (Å²) >= 11 is 0. The molecular formula is C15H24N2O2. The van der Waals surface area contributed by atoms with Crippen LogP contribution >= 0.6 is 0 Å². The summed E-state index contributed by atoms with van der Waals surface area (Å²) in [5.74, 6) is 1.04. The van der Waals surface area contributed by atoms with E-state index in [1.165, 1.54) is 19.3 Å². The van der Waals surface area contributed by atoms with Crippen molar-refractivity contribution in [2.75, 3.05) is 6.54 Å². The highest BCUT2D eigenvalue weighted by atomic mass is 16.2. The Kier molecular flexibility index (Phi) is 3.50. The summed E-state index contributed by atoms with van der Waals surface area (Å²) in [6, 6.07) is -0.430. The predicted octanol–water partition coefficient (Wildman–Crippen LogP) is 1.69. The molecule has 19 heavy (non-hydrogen) atoms. The molecule has 3 fully saturated rings. The van der Waals surface area contributed by atoms with E-state index in [-0.39, 0.29) is 23.9 Å². The fraction of sp³-hybridized carbons (Fsp3) is 0.867. The Hall–Kier alpha value is -1.06. The van der Waals surface area contributed by atoms with Crippen molar-refractivity contribution < 1.29 is 9.59 Å². The lowest BCUT2D eigenvalue weighted by molar-refractivity contribution is -0.152. The molecule has 2 saturated carbocycles. The van der Waals surface area contributed by atoms with E-state index in [0.29, 0.717) is 18.4 Å². The molecule has 0 aromatic heterocycles. The molecule has 3 aliphatic rings. The minimum absolute atomic E-state index is 0.0968. The Balaban J connectivity index is 1.76. The number of hydrogen-bond donors (Lipinski definition) is 1. The number of carbonyl (C=O) groups is 2. The zero-order valence-corrected chi connectivity index (χ0v) is 11.7. The Morgan fingerprint density at radius 2 is 1.74 bits per heavy atom. The van der Waals surface area contributed by atoms with Gasteiger partial charge in [0.25, 0.3) is 0 Å². The van der Waals surface area contributed by atoms with E-state index in [2.05, 4.69) is 5.32 Å². The molecule has 1 N–H and O–H groups in total. The second-order valence-corrected chi connectivity index (χ2v) is 6.29. The largest absolute Gasteiger partial charge is 0.342 e. The molecular weight excluding hydrogens is 240 g/mol. The third-order valence-electron chi connectivity index (χ3n) is 4.98. The molecule has 2 aliphatic carbocycles. The minimum atomic E-state index is -0.247. The number of carbonyl (C=O) groups excluding carboxylic acids is 2. The molecule has 1 heterocycles. The minimum Gasteiger partial charge on any atom is -0.342 e. The van der Waals surface area contributed by atoms with Gasteiger partial charge in [-0.2, -0.15) is 0 Å². The van der Waals surface area contributed by atoms with Gasteiger partial charge in [-0.3, -0.25) is 9.59 Å². The zero-order chi connectivity index (χ0) is 13.4. The topological polar surface area (TPSA) is 49.4 Å². The van der Waals surface area contributed by atoms with Gasteiger partial charge in [0.2, 0.25) is 11.8 Å². The van der Waals surface area contributed by atoms with Gasteiger partial charge in [-0.05, 0) is 44.4 Å². The van der Waals surface area contributed by atoms with E-state index >= 15 is 0 Å². The van der Waals surface area contributed by atoms with Crippen molar-refractivity contribution in [2.24, 2.45) is 11.8 Å².